The molecule has 2 aromatic rings. The van der Waals surface area contributed by atoms with E-state index in [1.165, 1.54) is 0 Å². The van der Waals surface area contributed by atoms with Gasteiger partial charge in [0.25, 0.3) is 0 Å². The van der Waals surface area contributed by atoms with Crippen LogP contribution in [0.1, 0.15) is 44.6 Å². The molecule has 0 radical (unpaired) electrons. The van der Waals surface area contributed by atoms with Gasteiger partial charge in [0.1, 0.15) is 12.4 Å². The lowest BCUT2D eigenvalue weighted by molar-refractivity contribution is -0.116. The SMILES string of the molecule is C=C(CC)NCCCCCC(=O)Nc1cccc(OCc2ccccc2)c1.O=CS. The predicted octanol–water partition coefficient (Wildman–Crippen LogP) is 5.38. The number of ether oxygens (including phenoxy) is 1. The topological polar surface area (TPSA) is 67.4 Å². The van der Waals surface area contributed by atoms with Gasteiger partial charge in [-0.1, -0.05) is 56.3 Å². The number of unbranched alkanes of at least 4 members (excludes halogenated alkanes) is 2. The van der Waals surface area contributed by atoms with Crippen LogP contribution in [0.3, 0.4) is 0 Å². The second-order valence-electron chi connectivity index (χ2n) is 6.65. The molecule has 2 N–H and O–H groups in total. The Morgan fingerprint density at radius 3 is 2.53 bits per heavy atom. The smallest absolute Gasteiger partial charge is 0.224 e. The van der Waals surface area contributed by atoms with Gasteiger partial charge >= 0.3 is 0 Å². The second kappa shape index (κ2) is 16.1. The third-order valence-electron chi connectivity index (χ3n) is 4.25. The standard InChI is InChI=1S/C23H30N2O2.CH2OS/c1-3-19(2)24-16-9-5-8-15-23(26)25-21-13-10-14-22(17-21)27-18-20-11-6-4-7-12-20;2-1-3/h4,6-7,10-14,17,24H,2-3,5,8-9,15-16,18H2,1H3,(H,25,26);1H,(H,2,3). The number of hydrogen-bond donors (Lipinski definition) is 3. The summed E-state index contributed by atoms with van der Waals surface area (Å²) in [4.78, 5) is 20.8. The molecule has 0 aliphatic heterocycles. The minimum Gasteiger partial charge on any atom is -0.489 e. The van der Waals surface area contributed by atoms with Gasteiger partial charge < -0.3 is 15.4 Å². The van der Waals surface area contributed by atoms with Gasteiger partial charge in [-0.15, -0.1) is 12.6 Å². The molecule has 162 valence electrons. The van der Waals surface area contributed by atoms with Crippen LogP contribution < -0.4 is 15.4 Å². The molecule has 0 bridgehead atoms. The Labute approximate surface area is 185 Å². The molecular weight excluding hydrogens is 396 g/mol. The number of thiol groups is 1. The van der Waals surface area contributed by atoms with Crippen molar-refractivity contribution in [1.29, 1.82) is 0 Å². The highest BCUT2D eigenvalue weighted by atomic mass is 32.1. The molecule has 0 atom stereocenters. The lowest BCUT2D eigenvalue weighted by Gasteiger charge is -2.10. The van der Waals surface area contributed by atoms with E-state index in [-0.39, 0.29) is 5.91 Å². The Kier molecular flexibility index (Phi) is 13.6. The first-order chi connectivity index (χ1) is 14.6. The summed E-state index contributed by atoms with van der Waals surface area (Å²) in [5.74, 6) is 0.792. The van der Waals surface area contributed by atoms with Crippen molar-refractivity contribution < 1.29 is 14.3 Å². The number of rotatable bonds is 12. The number of amides is 1. The van der Waals surface area contributed by atoms with E-state index in [1.54, 1.807) is 0 Å². The molecule has 0 aliphatic carbocycles. The fourth-order valence-electron chi connectivity index (χ4n) is 2.61. The first-order valence-electron chi connectivity index (χ1n) is 10.1. The molecule has 2 aromatic carbocycles. The van der Waals surface area contributed by atoms with Crippen LogP contribution >= 0.6 is 12.6 Å². The molecule has 5 nitrogen and oxygen atoms in total. The Bertz CT molecular complexity index is 766. The van der Waals surface area contributed by atoms with E-state index < -0.39 is 0 Å². The van der Waals surface area contributed by atoms with Crippen LogP contribution in [0.5, 0.6) is 5.75 Å². The maximum atomic E-state index is 12.1. The van der Waals surface area contributed by atoms with Crippen molar-refractivity contribution in [2.45, 2.75) is 45.6 Å². The van der Waals surface area contributed by atoms with Gasteiger partial charge in [-0.3, -0.25) is 9.59 Å². The van der Waals surface area contributed by atoms with Crippen molar-refractivity contribution in [1.82, 2.24) is 5.32 Å². The van der Waals surface area contributed by atoms with Crippen LogP contribution in [-0.4, -0.2) is 18.1 Å². The van der Waals surface area contributed by atoms with Crippen LogP contribution in [0.15, 0.2) is 66.9 Å². The Morgan fingerprint density at radius 1 is 1.10 bits per heavy atom. The molecule has 0 heterocycles. The average Bonchev–Trinajstić information content (AvgIpc) is 2.76. The van der Waals surface area contributed by atoms with Crippen LogP contribution in [0, 0.1) is 0 Å². The third-order valence-corrected chi connectivity index (χ3v) is 4.25. The summed E-state index contributed by atoms with van der Waals surface area (Å²) in [7, 11) is 0. The molecule has 1 amide bonds. The van der Waals surface area contributed by atoms with Gasteiger partial charge in [-0.05, 0) is 37.0 Å². The van der Waals surface area contributed by atoms with Crippen molar-refractivity contribution in [3.63, 3.8) is 0 Å². The van der Waals surface area contributed by atoms with Crippen molar-refractivity contribution in [2.75, 3.05) is 11.9 Å². The zero-order chi connectivity index (χ0) is 22.0. The Balaban J connectivity index is 0.00000141. The number of hydrogen-bond acceptors (Lipinski definition) is 4. The maximum Gasteiger partial charge on any atom is 0.224 e. The van der Waals surface area contributed by atoms with Crippen molar-refractivity contribution in [3.8, 4) is 5.75 Å². The van der Waals surface area contributed by atoms with E-state index in [2.05, 4.69) is 36.8 Å². The summed E-state index contributed by atoms with van der Waals surface area (Å²) < 4.78 is 5.80. The monoisotopic (exact) mass is 428 g/mol. The highest BCUT2D eigenvalue weighted by molar-refractivity contribution is 7.94. The summed E-state index contributed by atoms with van der Waals surface area (Å²) in [6, 6.07) is 17.6. The molecule has 30 heavy (non-hydrogen) atoms. The fourth-order valence-corrected chi connectivity index (χ4v) is 2.61. The number of anilines is 1. The van der Waals surface area contributed by atoms with Crippen LogP contribution in [0.4, 0.5) is 5.69 Å². The molecule has 0 aliphatic rings. The maximum absolute atomic E-state index is 12.1. The van der Waals surface area contributed by atoms with E-state index in [0.29, 0.717) is 18.6 Å². The second-order valence-corrected chi connectivity index (χ2v) is 6.86. The van der Waals surface area contributed by atoms with Gasteiger partial charge in [0.05, 0.1) is 0 Å². The van der Waals surface area contributed by atoms with E-state index in [4.69, 9.17) is 9.53 Å². The minimum absolute atomic E-state index is 0.0427. The summed E-state index contributed by atoms with van der Waals surface area (Å²) in [6.45, 7) is 7.44. The first kappa shape index (κ1) is 25.3. The average molecular weight is 429 g/mol. The summed E-state index contributed by atoms with van der Waals surface area (Å²) in [5.41, 5.74) is 3.40. The lowest BCUT2D eigenvalue weighted by atomic mass is 10.2. The zero-order valence-electron chi connectivity index (χ0n) is 17.6. The van der Waals surface area contributed by atoms with Gasteiger partial charge in [0.15, 0.2) is 5.62 Å². The highest BCUT2D eigenvalue weighted by Crippen LogP contribution is 2.19. The Morgan fingerprint density at radius 2 is 1.83 bits per heavy atom. The number of nitrogens with one attached hydrogen (secondary N) is 2. The van der Waals surface area contributed by atoms with Crippen molar-refractivity contribution in [3.05, 3.63) is 72.4 Å². The van der Waals surface area contributed by atoms with E-state index in [9.17, 15) is 4.79 Å². The lowest BCUT2D eigenvalue weighted by Crippen LogP contribution is -2.14. The quantitative estimate of drug-likeness (QED) is 0.241. The van der Waals surface area contributed by atoms with Gasteiger partial charge in [-0.2, -0.15) is 0 Å². The molecule has 0 aromatic heterocycles. The molecule has 0 saturated heterocycles. The van der Waals surface area contributed by atoms with Crippen molar-refractivity contribution in [2.24, 2.45) is 0 Å². The molecule has 0 spiro atoms. The fraction of sp³-hybridized carbons (Fsp3) is 0.333. The Hall–Kier alpha value is -2.73. The summed E-state index contributed by atoms with van der Waals surface area (Å²) in [6.07, 6.45) is 4.45. The van der Waals surface area contributed by atoms with E-state index in [0.717, 1.165) is 54.9 Å². The predicted molar refractivity (Wildman–Crippen MR) is 127 cm³/mol. The number of carbonyl (C=O) groups is 2. The van der Waals surface area contributed by atoms with Gasteiger partial charge in [-0.25, -0.2) is 0 Å². The zero-order valence-corrected chi connectivity index (χ0v) is 18.5. The third kappa shape index (κ3) is 12.0. The molecule has 0 fully saturated rings. The van der Waals surface area contributed by atoms with E-state index >= 15 is 0 Å². The normalized spacial score (nSPS) is 9.67. The van der Waals surface area contributed by atoms with Crippen molar-refractivity contribution >= 4 is 29.8 Å². The number of carbonyl (C=O) groups excluding carboxylic acids is 2. The minimum atomic E-state index is 0.0427. The van der Waals surface area contributed by atoms with Gasteiger partial charge in [0.2, 0.25) is 5.91 Å². The highest BCUT2D eigenvalue weighted by Gasteiger charge is 2.04. The molecule has 0 saturated carbocycles. The molecule has 6 heteroatoms. The van der Waals surface area contributed by atoms with Gasteiger partial charge in [0, 0.05) is 30.4 Å². The number of benzene rings is 2. The van der Waals surface area contributed by atoms with Crippen LogP contribution in [-0.2, 0) is 16.2 Å². The van der Waals surface area contributed by atoms with Crippen LogP contribution in [0.2, 0.25) is 0 Å². The largest absolute Gasteiger partial charge is 0.489 e. The first-order valence-corrected chi connectivity index (χ1v) is 10.7. The summed E-state index contributed by atoms with van der Waals surface area (Å²) in [5, 5.41) is 6.23. The van der Waals surface area contributed by atoms with E-state index in [1.807, 2.05) is 54.6 Å². The summed E-state index contributed by atoms with van der Waals surface area (Å²) >= 11 is 3.11. The molecule has 2 rings (SSSR count). The molecular formula is C24H32N2O3S. The number of allylic oxidation sites excluding steroid dienone is 1. The molecule has 0 unspecified atom stereocenters. The van der Waals surface area contributed by atoms with Crippen LogP contribution in [0.25, 0.3) is 0 Å².